The molecule has 0 unspecified atom stereocenters. The molecule has 2 atom stereocenters. The number of aliphatic hydroxyl groups is 1. The number of piperidine rings is 2. The topological polar surface area (TPSA) is 43.8 Å². The fourth-order valence-electron chi connectivity index (χ4n) is 4.15. The minimum Gasteiger partial charge on any atom is -0.391 e. The molecule has 0 bridgehead atoms. The van der Waals surface area contributed by atoms with Crippen LogP contribution >= 0.6 is 0 Å². The third kappa shape index (κ3) is 4.17. The molecule has 0 radical (unpaired) electrons. The molecule has 3 rings (SSSR count). The van der Waals surface area contributed by atoms with Crippen LogP contribution in [-0.2, 0) is 11.2 Å². The van der Waals surface area contributed by atoms with Gasteiger partial charge in [-0.2, -0.15) is 0 Å². The van der Waals surface area contributed by atoms with Crippen LogP contribution < -0.4 is 0 Å². The highest BCUT2D eigenvalue weighted by molar-refractivity contribution is 5.73. The van der Waals surface area contributed by atoms with E-state index in [1.54, 1.807) is 6.92 Å². The van der Waals surface area contributed by atoms with E-state index in [1.807, 2.05) is 4.90 Å². The van der Waals surface area contributed by atoms with Crippen LogP contribution in [0.5, 0.6) is 0 Å². The summed E-state index contributed by atoms with van der Waals surface area (Å²) in [6, 6.07) is 9.20. The minimum absolute atomic E-state index is 0.185. The molecule has 0 spiro atoms. The number of rotatable bonds is 3. The summed E-state index contributed by atoms with van der Waals surface area (Å²) in [5.74, 6) is 0.548. The quantitative estimate of drug-likeness (QED) is 0.924. The first-order chi connectivity index (χ1) is 11.5. The average molecular weight is 330 g/mol. The zero-order chi connectivity index (χ0) is 17.1. The molecule has 1 amide bonds. The summed E-state index contributed by atoms with van der Waals surface area (Å²) in [7, 11) is 0. The van der Waals surface area contributed by atoms with E-state index in [4.69, 9.17) is 0 Å². The number of carbonyl (C=O) groups excluding carboxylic acids is 1. The Labute approximate surface area is 145 Å². The Kier molecular flexibility index (Phi) is 5.57. The number of hydrogen-bond donors (Lipinski definition) is 1. The molecule has 0 aliphatic carbocycles. The first kappa shape index (κ1) is 17.4. The summed E-state index contributed by atoms with van der Waals surface area (Å²) < 4.78 is 0. The van der Waals surface area contributed by atoms with Gasteiger partial charge < -0.3 is 10.0 Å². The summed E-state index contributed by atoms with van der Waals surface area (Å²) >= 11 is 0. The second kappa shape index (κ2) is 7.66. The SMILES string of the molecule is CC(=O)N1CCC(N2CC[C@H](Cc3ccc(C)cc3)[C@@H](O)C2)CC1. The van der Waals surface area contributed by atoms with Crippen LogP contribution in [0.15, 0.2) is 24.3 Å². The van der Waals surface area contributed by atoms with E-state index in [2.05, 4.69) is 36.1 Å². The van der Waals surface area contributed by atoms with Crippen molar-refractivity contribution in [3.05, 3.63) is 35.4 Å². The van der Waals surface area contributed by atoms with Crippen molar-refractivity contribution in [3.63, 3.8) is 0 Å². The van der Waals surface area contributed by atoms with E-state index in [1.165, 1.54) is 11.1 Å². The highest BCUT2D eigenvalue weighted by atomic mass is 16.3. The van der Waals surface area contributed by atoms with Crippen molar-refractivity contribution in [1.29, 1.82) is 0 Å². The lowest BCUT2D eigenvalue weighted by Gasteiger charge is -2.43. The predicted octanol–water partition coefficient (Wildman–Crippen LogP) is 2.23. The van der Waals surface area contributed by atoms with E-state index in [9.17, 15) is 9.90 Å². The van der Waals surface area contributed by atoms with Crippen LogP contribution in [0, 0.1) is 12.8 Å². The molecule has 24 heavy (non-hydrogen) atoms. The number of carbonyl (C=O) groups is 1. The average Bonchev–Trinajstić information content (AvgIpc) is 2.58. The lowest BCUT2D eigenvalue weighted by molar-refractivity contribution is -0.130. The van der Waals surface area contributed by atoms with Gasteiger partial charge in [0.15, 0.2) is 0 Å². The Balaban J connectivity index is 1.50. The first-order valence-corrected chi connectivity index (χ1v) is 9.26. The number of aliphatic hydroxyl groups excluding tert-OH is 1. The number of likely N-dealkylation sites (tertiary alicyclic amines) is 2. The standard InChI is InChI=1S/C20H30N2O2/c1-15-3-5-17(6-4-15)13-18-7-10-22(14-20(18)24)19-8-11-21(12-9-19)16(2)23/h3-6,18-20,24H,7-14H2,1-2H3/t18-,20+/m1/s1. The van der Waals surface area contributed by atoms with Crippen LogP contribution in [-0.4, -0.2) is 59.1 Å². The molecular weight excluding hydrogens is 300 g/mol. The normalized spacial score (nSPS) is 26.5. The van der Waals surface area contributed by atoms with E-state index in [0.717, 1.165) is 51.9 Å². The molecule has 4 nitrogen and oxygen atoms in total. The molecule has 0 aromatic heterocycles. The molecule has 1 aromatic carbocycles. The molecule has 2 saturated heterocycles. The van der Waals surface area contributed by atoms with Gasteiger partial charge >= 0.3 is 0 Å². The second-order valence-corrected chi connectivity index (χ2v) is 7.54. The molecule has 0 saturated carbocycles. The maximum atomic E-state index is 11.4. The van der Waals surface area contributed by atoms with Crippen LogP contribution in [0.1, 0.15) is 37.3 Å². The van der Waals surface area contributed by atoms with Gasteiger partial charge in [-0.25, -0.2) is 0 Å². The zero-order valence-electron chi connectivity index (χ0n) is 14.9. The minimum atomic E-state index is -0.245. The predicted molar refractivity (Wildman–Crippen MR) is 95.8 cm³/mol. The fraction of sp³-hybridized carbons (Fsp3) is 0.650. The van der Waals surface area contributed by atoms with Crippen LogP contribution in [0.2, 0.25) is 0 Å². The molecule has 1 aromatic rings. The van der Waals surface area contributed by atoms with Crippen molar-refractivity contribution in [3.8, 4) is 0 Å². The van der Waals surface area contributed by atoms with Crippen molar-refractivity contribution < 1.29 is 9.90 Å². The van der Waals surface area contributed by atoms with Crippen molar-refractivity contribution in [2.24, 2.45) is 5.92 Å². The molecule has 1 N–H and O–H groups in total. The largest absolute Gasteiger partial charge is 0.391 e. The van der Waals surface area contributed by atoms with Crippen molar-refractivity contribution >= 4 is 5.91 Å². The van der Waals surface area contributed by atoms with Crippen LogP contribution in [0.25, 0.3) is 0 Å². The number of β-amino-alcohol motifs (C(OH)–C–C–N with tert-alkyl or cyclic N) is 1. The van der Waals surface area contributed by atoms with Gasteiger partial charge in [0.1, 0.15) is 0 Å². The number of benzene rings is 1. The van der Waals surface area contributed by atoms with Crippen LogP contribution in [0.4, 0.5) is 0 Å². The number of hydrogen-bond acceptors (Lipinski definition) is 3. The van der Waals surface area contributed by atoms with E-state index in [-0.39, 0.29) is 12.0 Å². The number of aryl methyl sites for hydroxylation is 1. The Morgan fingerprint density at radius 1 is 1.12 bits per heavy atom. The molecule has 132 valence electrons. The Morgan fingerprint density at radius 3 is 2.38 bits per heavy atom. The molecule has 2 heterocycles. The van der Waals surface area contributed by atoms with Gasteiger partial charge in [-0.15, -0.1) is 0 Å². The van der Waals surface area contributed by atoms with Gasteiger partial charge in [-0.1, -0.05) is 29.8 Å². The van der Waals surface area contributed by atoms with Crippen LogP contribution in [0.3, 0.4) is 0 Å². The van der Waals surface area contributed by atoms with Crippen molar-refractivity contribution in [2.75, 3.05) is 26.2 Å². The summed E-state index contributed by atoms with van der Waals surface area (Å²) in [5.41, 5.74) is 2.61. The maximum absolute atomic E-state index is 11.4. The Bertz CT molecular complexity index is 549. The maximum Gasteiger partial charge on any atom is 0.219 e. The zero-order valence-corrected chi connectivity index (χ0v) is 14.9. The summed E-state index contributed by atoms with van der Waals surface area (Å²) in [6.07, 6.45) is 3.86. The second-order valence-electron chi connectivity index (χ2n) is 7.54. The van der Waals surface area contributed by atoms with Crippen molar-refractivity contribution in [1.82, 2.24) is 9.80 Å². The van der Waals surface area contributed by atoms with Gasteiger partial charge in [0.25, 0.3) is 0 Å². The molecule has 2 aliphatic heterocycles. The lowest BCUT2D eigenvalue weighted by atomic mass is 9.86. The summed E-state index contributed by atoms with van der Waals surface area (Å²) in [5, 5.41) is 10.6. The molecule has 2 fully saturated rings. The van der Waals surface area contributed by atoms with Gasteiger partial charge in [0.2, 0.25) is 5.91 Å². The fourth-order valence-corrected chi connectivity index (χ4v) is 4.15. The van der Waals surface area contributed by atoms with E-state index < -0.39 is 0 Å². The van der Waals surface area contributed by atoms with E-state index in [0.29, 0.717) is 12.0 Å². The Hall–Kier alpha value is -1.39. The monoisotopic (exact) mass is 330 g/mol. The summed E-state index contributed by atoms with van der Waals surface area (Å²) in [6.45, 7) is 7.33. The highest BCUT2D eigenvalue weighted by Gasteiger charge is 2.33. The highest BCUT2D eigenvalue weighted by Crippen LogP contribution is 2.26. The lowest BCUT2D eigenvalue weighted by Crippen LogP contribution is -2.52. The number of nitrogens with zero attached hydrogens (tertiary/aromatic N) is 2. The summed E-state index contributed by atoms with van der Waals surface area (Å²) in [4.78, 5) is 15.8. The third-order valence-electron chi connectivity index (χ3n) is 5.80. The van der Waals surface area contributed by atoms with Gasteiger partial charge in [0, 0.05) is 32.6 Å². The van der Waals surface area contributed by atoms with Gasteiger partial charge in [-0.3, -0.25) is 9.69 Å². The molecule has 2 aliphatic rings. The van der Waals surface area contributed by atoms with E-state index >= 15 is 0 Å². The smallest absolute Gasteiger partial charge is 0.219 e. The van der Waals surface area contributed by atoms with Crippen molar-refractivity contribution in [2.45, 2.75) is 51.7 Å². The third-order valence-corrected chi connectivity index (χ3v) is 5.80. The van der Waals surface area contributed by atoms with Gasteiger partial charge in [0.05, 0.1) is 6.10 Å². The number of amides is 1. The molecule has 4 heteroatoms. The molecular formula is C20H30N2O2. The van der Waals surface area contributed by atoms with Gasteiger partial charge in [-0.05, 0) is 50.6 Å². The first-order valence-electron chi connectivity index (χ1n) is 9.26. The Morgan fingerprint density at radius 2 is 1.79 bits per heavy atom.